The van der Waals surface area contributed by atoms with E-state index in [1.54, 1.807) is 23.8 Å². The quantitative estimate of drug-likeness (QED) is 0.719. The molecule has 0 spiro atoms. The number of hydrogen-bond donors (Lipinski definition) is 2. The van der Waals surface area contributed by atoms with E-state index in [0.717, 1.165) is 6.42 Å². The SMILES string of the molecule is COC(=O)[C@@H]1C[C@H](NC(=O)c2c(C)ccn(CCC(C)C)c2=O)CN1.Cl. The van der Waals surface area contributed by atoms with E-state index in [4.69, 9.17) is 4.74 Å². The molecule has 7 nitrogen and oxygen atoms in total. The Morgan fingerprint density at radius 2 is 2.12 bits per heavy atom. The minimum atomic E-state index is -0.421. The van der Waals surface area contributed by atoms with Gasteiger partial charge in [0.15, 0.2) is 0 Å². The minimum Gasteiger partial charge on any atom is -0.468 e. The summed E-state index contributed by atoms with van der Waals surface area (Å²) in [7, 11) is 1.34. The number of nitrogens with zero attached hydrogens (tertiary/aromatic N) is 1. The Bertz CT molecular complexity index is 702. The second kappa shape index (κ2) is 9.73. The lowest BCUT2D eigenvalue weighted by Gasteiger charge is -2.15. The van der Waals surface area contributed by atoms with Crippen LogP contribution in [-0.2, 0) is 16.1 Å². The van der Waals surface area contributed by atoms with Crippen LogP contribution in [0.2, 0.25) is 0 Å². The number of aromatic nitrogens is 1. The van der Waals surface area contributed by atoms with Crippen molar-refractivity contribution in [3.63, 3.8) is 0 Å². The summed E-state index contributed by atoms with van der Waals surface area (Å²) >= 11 is 0. The highest BCUT2D eigenvalue weighted by atomic mass is 35.5. The van der Waals surface area contributed by atoms with Crippen molar-refractivity contribution in [2.24, 2.45) is 5.92 Å². The van der Waals surface area contributed by atoms with Crippen LogP contribution >= 0.6 is 12.4 Å². The van der Waals surface area contributed by atoms with Crippen molar-refractivity contribution in [3.05, 3.63) is 33.7 Å². The van der Waals surface area contributed by atoms with Gasteiger partial charge in [0, 0.05) is 25.3 Å². The van der Waals surface area contributed by atoms with Gasteiger partial charge in [-0.25, -0.2) is 0 Å². The van der Waals surface area contributed by atoms with Crippen molar-refractivity contribution in [2.45, 2.75) is 52.2 Å². The van der Waals surface area contributed by atoms with Crippen LogP contribution in [0.1, 0.15) is 42.6 Å². The van der Waals surface area contributed by atoms with E-state index >= 15 is 0 Å². The Morgan fingerprint density at radius 1 is 1.42 bits per heavy atom. The van der Waals surface area contributed by atoms with E-state index in [1.807, 2.05) is 0 Å². The average Bonchev–Trinajstić information content (AvgIpc) is 3.01. The van der Waals surface area contributed by atoms with Gasteiger partial charge in [-0.2, -0.15) is 0 Å². The topological polar surface area (TPSA) is 89.4 Å². The first-order valence-electron chi connectivity index (χ1n) is 8.65. The Hall–Kier alpha value is -1.86. The fraction of sp³-hybridized carbons (Fsp3) is 0.611. The Kier molecular flexibility index (Phi) is 8.30. The van der Waals surface area contributed by atoms with Gasteiger partial charge in [-0.1, -0.05) is 13.8 Å². The third-order valence-electron chi connectivity index (χ3n) is 4.50. The summed E-state index contributed by atoms with van der Waals surface area (Å²) in [5.41, 5.74) is 0.556. The molecule has 1 fully saturated rings. The predicted molar refractivity (Wildman–Crippen MR) is 102 cm³/mol. The number of carbonyl (C=O) groups is 2. The van der Waals surface area contributed by atoms with E-state index in [1.165, 1.54) is 7.11 Å². The summed E-state index contributed by atoms with van der Waals surface area (Å²) in [6.45, 7) is 7.01. The summed E-state index contributed by atoms with van der Waals surface area (Å²) < 4.78 is 6.29. The van der Waals surface area contributed by atoms with Crippen LogP contribution in [-0.4, -0.2) is 42.2 Å². The Morgan fingerprint density at radius 3 is 2.73 bits per heavy atom. The molecule has 1 aromatic heterocycles. The van der Waals surface area contributed by atoms with Crippen LogP contribution in [0.3, 0.4) is 0 Å². The van der Waals surface area contributed by atoms with Gasteiger partial charge in [-0.05, 0) is 37.3 Å². The Balaban J connectivity index is 0.00000338. The third kappa shape index (κ3) is 5.32. The molecule has 2 atom stereocenters. The number of amides is 1. The minimum absolute atomic E-state index is 0. The molecule has 8 heteroatoms. The fourth-order valence-corrected chi connectivity index (χ4v) is 2.94. The van der Waals surface area contributed by atoms with Crippen molar-refractivity contribution in [1.82, 2.24) is 15.2 Å². The smallest absolute Gasteiger partial charge is 0.322 e. The largest absolute Gasteiger partial charge is 0.468 e. The molecule has 2 rings (SSSR count). The van der Waals surface area contributed by atoms with E-state index < -0.39 is 11.9 Å². The number of halogens is 1. The predicted octanol–water partition coefficient (Wildman–Crippen LogP) is 1.26. The lowest BCUT2D eigenvalue weighted by Crippen LogP contribution is -2.40. The lowest BCUT2D eigenvalue weighted by molar-refractivity contribution is -0.142. The zero-order chi connectivity index (χ0) is 18.6. The highest BCUT2D eigenvalue weighted by Gasteiger charge is 2.31. The van der Waals surface area contributed by atoms with Gasteiger partial charge >= 0.3 is 5.97 Å². The maximum absolute atomic E-state index is 12.6. The van der Waals surface area contributed by atoms with Gasteiger partial charge in [0.1, 0.15) is 11.6 Å². The number of carbonyl (C=O) groups excluding carboxylic acids is 2. The first kappa shape index (κ1) is 22.2. The fourth-order valence-electron chi connectivity index (χ4n) is 2.94. The first-order chi connectivity index (χ1) is 11.8. The molecule has 1 amide bonds. The molecule has 0 bridgehead atoms. The summed E-state index contributed by atoms with van der Waals surface area (Å²) in [6.07, 6.45) is 3.06. The van der Waals surface area contributed by atoms with Gasteiger partial charge < -0.3 is 19.9 Å². The molecule has 0 aromatic carbocycles. The zero-order valence-electron chi connectivity index (χ0n) is 15.7. The molecule has 0 radical (unpaired) electrons. The summed E-state index contributed by atoms with van der Waals surface area (Å²) in [5, 5.41) is 5.87. The molecule has 0 aliphatic carbocycles. The van der Waals surface area contributed by atoms with E-state index in [9.17, 15) is 14.4 Å². The highest BCUT2D eigenvalue weighted by molar-refractivity contribution is 5.95. The summed E-state index contributed by atoms with van der Waals surface area (Å²) in [6, 6.07) is 1.16. The first-order valence-corrected chi connectivity index (χ1v) is 8.65. The summed E-state index contributed by atoms with van der Waals surface area (Å²) in [4.78, 5) is 36.8. The number of esters is 1. The number of nitrogens with one attached hydrogen (secondary N) is 2. The molecule has 146 valence electrons. The number of methoxy groups -OCH3 is 1. The second-order valence-electron chi connectivity index (χ2n) is 6.94. The molecular weight excluding hydrogens is 358 g/mol. The van der Waals surface area contributed by atoms with Crippen LogP contribution < -0.4 is 16.2 Å². The molecule has 0 saturated carbocycles. The number of hydrogen-bond acceptors (Lipinski definition) is 5. The normalized spacial score (nSPS) is 19.1. The van der Waals surface area contributed by atoms with Crippen molar-refractivity contribution >= 4 is 24.3 Å². The number of pyridine rings is 1. The number of rotatable bonds is 6. The summed E-state index contributed by atoms with van der Waals surface area (Å²) in [5.74, 6) is -0.257. The van der Waals surface area contributed by atoms with Crippen LogP contribution in [0.5, 0.6) is 0 Å². The van der Waals surface area contributed by atoms with Crippen LogP contribution in [0.15, 0.2) is 17.1 Å². The van der Waals surface area contributed by atoms with E-state index in [-0.39, 0.29) is 35.5 Å². The third-order valence-corrected chi connectivity index (χ3v) is 4.50. The Labute approximate surface area is 159 Å². The molecule has 1 saturated heterocycles. The average molecular weight is 386 g/mol. The molecule has 2 heterocycles. The maximum Gasteiger partial charge on any atom is 0.322 e. The van der Waals surface area contributed by atoms with Gasteiger partial charge in [0.2, 0.25) is 0 Å². The maximum atomic E-state index is 12.6. The van der Waals surface area contributed by atoms with Crippen molar-refractivity contribution < 1.29 is 14.3 Å². The van der Waals surface area contributed by atoms with Crippen molar-refractivity contribution in [3.8, 4) is 0 Å². The van der Waals surface area contributed by atoms with E-state index in [0.29, 0.717) is 31.0 Å². The monoisotopic (exact) mass is 385 g/mol. The molecule has 2 N–H and O–H groups in total. The van der Waals surface area contributed by atoms with Crippen LogP contribution in [0.25, 0.3) is 0 Å². The van der Waals surface area contributed by atoms with Crippen LogP contribution in [0, 0.1) is 12.8 Å². The van der Waals surface area contributed by atoms with Gasteiger partial charge in [-0.3, -0.25) is 14.4 Å². The lowest BCUT2D eigenvalue weighted by atomic mass is 10.1. The van der Waals surface area contributed by atoms with E-state index in [2.05, 4.69) is 24.5 Å². The van der Waals surface area contributed by atoms with Crippen molar-refractivity contribution in [1.29, 1.82) is 0 Å². The molecule has 1 aliphatic rings. The van der Waals surface area contributed by atoms with Crippen LogP contribution in [0.4, 0.5) is 0 Å². The molecular formula is C18H28ClN3O4. The molecule has 0 unspecified atom stereocenters. The standard InChI is InChI=1S/C18H27N3O4.ClH/c1-11(2)5-7-21-8-6-12(3)15(17(21)23)16(22)20-13-9-14(19-10-13)18(24)25-4;/h6,8,11,13-14,19H,5,7,9-10H2,1-4H3,(H,20,22);1H/t13-,14-;/m0./s1. The molecule has 1 aliphatic heterocycles. The van der Waals surface area contributed by atoms with Gasteiger partial charge in [0.25, 0.3) is 11.5 Å². The number of ether oxygens (including phenoxy) is 1. The molecule has 26 heavy (non-hydrogen) atoms. The van der Waals surface area contributed by atoms with Gasteiger partial charge in [0.05, 0.1) is 7.11 Å². The zero-order valence-corrected chi connectivity index (χ0v) is 16.5. The number of aryl methyl sites for hydroxylation is 2. The second-order valence-corrected chi connectivity index (χ2v) is 6.94. The van der Waals surface area contributed by atoms with Gasteiger partial charge in [-0.15, -0.1) is 12.4 Å². The highest BCUT2D eigenvalue weighted by Crippen LogP contribution is 2.10. The molecule has 1 aromatic rings. The van der Waals surface area contributed by atoms with Crippen molar-refractivity contribution in [2.75, 3.05) is 13.7 Å².